The summed E-state index contributed by atoms with van der Waals surface area (Å²) < 4.78 is 18.1. The summed E-state index contributed by atoms with van der Waals surface area (Å²) in [5, 5.41) is 6.57. The fraction of sp³-hybridized carbons (Fsp3) is 0.538. The van der Waals surface area contributed by atoms with Gasteiger partial charge in [-0.25, -0.2) is 4.39 Å². The molecular formula is C13H21FN2O. The van der Waals surface area contributed by atoms with Crippen molar-refractivity contribution in [1.82, 2.24) is 5.32 Å². The van der Waals surface area contributed by atoms with E-state index in [1.54, 1.807) is 12.1 Å². The molecule has 0 saturated carbocycles. The van der Waals surface area contributed by atoms with Gasteiger partial charge in [-0.2, -0.15) is 0 Å². The van der Waals surface area contributed by atoms with E-state index in [1.165, 1.54) is 13.2 Å². The van der Waals surface area contributed by atoms with Crippen LogP contribution in [0.25, 0.3) is 0 Å². The van der Waals surface area contributed by atoms with Crippen LogP contribution in [-0.2, 0) is 0 Å². The molecule has 0 atom stereocenters. The summed E-state index contributed by atoms with van der Waals surface area (Å²) in [7, 11) is 1.46. The monoisotopic (exact) mass is 240 g/mol. The molecule has 0 unspecified atom stereocenters. The van der Waals surface area contributed by atoms with Gasteiger partial charge >= 0.3 is 0 Å². The van der Waals surface area contributed by atoms with Crippen molar-refractivity contribution in [3.63, 3.8) is 0 Å². The Morgan fingerprint density at radius 1 is 1.24 bits per heavy atom. The van der Waals surface area contributed by atoms with Crippen LogP contribution in [0.5, 0.6) is 5.75 Å². The molecule has 17 heavy (non-hydrogen) atoms. The van der Waals surface area contributed by atoms with Crippen molar-refractivity contribution in [3.8, 4) is 5.75 Å². The first-order chi connectivity index (χ1) is 7.92. The molecule has 0 saturated heterocycles. The fourth-order valence-corrected chi connectivity index (χ4v) is 1.41. The molecule has 96 valence electrons. The normalized spacial score (nSPS) is 11.4. The van der Waals surface area contributed by atoms with Gasteiger partial charge in [0, 0.05) is 30.4 Å². The molecule has 1 aromatic carbocycles. The Morgan fingerprint density at radius 3 is 2.53 bits per heavy atom. The number of benzene rings is 1. The van der Waals surface area contributed by atoms with Crippen LogP contribution in [0, 0.1) is 5.82 Å². The summed E-state index contributed by atoms with van der Waals surface area (Å²) in [5.74, 6) is -0.0790. The third kappa shape index (κ3) is 5.04. The van der Waals surface area contributed by atoms with Crippen molar-refractivity contribution >= 4 is 5.69 Å². The number of hydrogen-bond acceptors (Lipinski definition) is 3. The highest BCUT2D eigenvalue weighted by Crippen LogP contribution is 2.21. The highest BCUT2D eigenvalue weighted by molar-refractivity contribution is 5.48. The Hall–Kier alpha value is -1.29. The van der Waals surface area contributed by atoms with Crippen LogP contribution in [0.1, 0.15) is 20.8 Å². The number of hydrogen-bond donors (Lipinski definition) is 2. The molecule has 2 N–H and O–H groups in total. The molecule has 0 heterocycles. The maximum absolute atomic E-state index is 13.1. The quantitative estimate of drug-likeness (QED) is 0.776. The van der Waals surface area contributed by atoms with E-state index in [1.807, 2.05) is 0 Å². The SMILES string of the molecule is COc1cc(NCCNC(C)(C)C)ccc1F. The number of anilines is 1. The molecule has 4 heteroatoms. The maximum Gasteiger partial charge on any atom is 0.165 e. The molecule has 0 aliphatic carbocycles. The summed E-state index contributed by atoms with van der Waals surface area (Å²) in [5.41, 5.74) is 0.973. The third-order valence-electron chi connectivity index (χ3n) is 2.26. The number of rotatable bonds is 5. The van der Waals surface area contributed by atoms with Gasteiger partial charge in [-0.05, 0) is 32.9 Å². The highest BCUT2D eigenvalue weighted by atomic mass is 19.1. The second-order valence-corrected chi connectivity index (χ2v) is 4.95. The molecule has 0 aliphatic rings. The minimum atomic E-state index is -0.342. The van der Waals surface area contributed by atoms with E-state index in [2.05, 4.69) is 31.4 Å². The van der Waals surface area contributed by atoms with Crippen LogP contribution in [0.3, 0.4) is 0 Å². The van der Waals surface area contributed by atoms with E-state index < -0.39 is 0 Å². The molecule has 1 aromatic rings. The second-order valence-electron chi connectivity index (χ2n) is 4.95. The van der Waals surface area contributed by atoms with Gasteiger partial charge in [0.25, 0.3) is 0 Å². The van der Waals surface area contributed by atoms with E-state index in [0.717, 1.165) is 18.8 Å². The molecule has 0 fully saturated rings. The van der Waals surface area contributed by atoms with Crippen LogP contribution in [0.15, 0.2) is 18.2 Å². The van der Waals surface area contributed by atoms with E-state index in [9.17, 15) is 4.39 Å². The lowest BCUT2D eigenvalue weighted by atomic mass is 10.1. The molecule has 3 nitrogen and oxygen atoms in total. The van der Waals surface area contributed by atoms with Crippen molar-refractivity contribution in [3.05, 3.63) is 24.0 Å². The van der Waals surface area contributed by atoms with Gasteiger partial charge in [0.2, 0.25) is 0 Å². The lowest BCUT2D eigenvalue weighted by molar-refractivity contribution is 0.387. The van der Waals surface area contributed by atoms with E-state index in [4.69, 9.17) is 4.74 Å². The van der Waals surface area contributed by atoms with Crippen molar-refractivity contribution in [2.45, 2.75) is 26.3 Å². The standard InChI is InChI=1S/C13H21FN2O/c1-13(2,3)16-8-7-15-10-5-6-11(14)12(9-10)17-4/h5-6,9,15-16H,7-8H2,1-4H3. The van der Waals surface area contributed by atoms with Crippen molar-refractivity contribution in [2.24, 2.45) is 0 Å². The number of methoxy groups -OCH3 is 1. The predicted molar refractivity (Wildman–Crippen MR) is 69.2 cm³/mol. The van der Waals surface area contributed by atoms with Gasteiger partial charge in [0.05, 0.1) is 7.11 Å². The Bertz CT molecular complexity index is 361. The first-order valence-electron chi connectivity index (χ1n) is 5.75. The smallest absolute Gasteiger partial charge is 0.165 e. The second kappa shape index (κ2) is 5.87. The van der Waals surface area contributed by atoms with E-state index >= 15 is 0 Å². The number of nitrogens with one attached hydrogen (secondary N) is 2. The zero-order valence-electron chi connectivity index (χ0n) is 10.9. The summed E-state index contributed by atoms with van der Waals surface area (Å²) in [6.07, 6.45) is 0. The molecule has 0 spiro atoms. The summed E-state index contributed by atoms with van der Waals surface area (Å²) in [6.45, 7) is 7.99. The zero-order chi connectivity index (χ0) is 12.9. The van der Waals surface area contributed by atoms with Gasteiger partial charge in [0.15, 0.2) is 11.6 Å². The summed E-state index contributed by atoms with van der Waals surface area (Å²) >= 11 is 0. The number of ether oxygens (including phenoxy) is 1. The van der Waals surface area contributed by atoms with Crippen molar-refractivity contribution in [2.75, 3.05) is 25.5 Å². The van der Waals surface area contributed by atoms with Crippen LogP contribution < -0.4 is 15.4 Å². The molecular weight excluding hydrogens is 219 g/mol. The van der Waals surface area contributed by atoms with Gasteiger partial charge in [0.1, 0.15) is 0 Å². The van der Waals surface area contributed by atoms with Crippen LogP contribution >= 0.6 is 0 Å². The molecule has 0 aliphatic heterocycles. The van der Waals surface area contributed by atoms with Gasteiger partial charge in [-0.3, -0.25) is 0 Å². The largest absolute Gasteiger partial charge is 0.494 e. The third-order valence-corrected chi connectivity index (χ3v) is 2.26. The molecule has 1 rings (SSSR count). The molecule has 0 radical (unpaired) electrons. The Balaban J connectivity index is 2.42. The van der Waals surface area contributed by atoms with Gasteiger partial charge in [-0.1, -0.05) is 0 Å². The van der Waals surface area contributed by atoms with Crippen molar-refractivity contribution < 1.29 is 9.13 Å². The van der Waals surface area contributed by atoms with Crippen LogP contribution in [-0.4, -0.2) is 25.7 Å². The lowest BCUT2D eigenvalue weighted by Crippen LogP contribution is -2.38. The van der Waals surface area contributed by atoms with E-state index in [0.29, 0.717) is 0 Å². The zero-order valence-corrected chi connectivity index (χ0v) is 10.9. The van der Waals surface area contributed by atoms with Crippen LogP contribution in [0.2, 0.25) is 0 Å². The Labute approximate surface area is 102 Å². The topological polar surface area (TPSA) is 33.3 Å². The first kappa shape index (κ1) is 13.8. The number of halogens is 1. The summed E-state index contributed by atoms with van der Waals surface area (Å²) in [4.78, 5) is 0. The van der Waals surface area contributed by atoms with Gasteiger partial charge < -0.3 is 15.4 Å². The highest BCUT2D eigenvalue weighted by Gasteiger charge is 2.07. The molecule has 0 bridgehead atoms. The first-order valence-corrected chi connectivity index (χ1v) is 5.75. The molecule has 0 amide bonds. The lowest BCUT2D eigenvalue weighted by Gasteiger charge is -2.20. The van der Waals surface area contributed by atoms with Crippen LogP contribution in [0.4, 0.5) is 10.1 Å². The van der Waals surface area contributed by atoms with Crippen molar-refractivity contribution in [1.29, 1.82) is 0 Å². The summed E-state index contributed by atoms with van der Waals surface area (Å²) in [6, 6.07) is 4.76. The fourth-order valence-electron chi connectivity index (χ4n) is 1.41. The minimum Gasteiger partial charge on any atom is -0.494 e. The molecule has 0 aromatic heterocycles. The Morgan fingerprint density at radius 2 is 1.94 bits per heavy atom. The predicted octanol–water partition coefficient (Wildman–Crippen LogP) is 2.63. The Kier molecular flexibility index (Phi) is 4.75. The van der Waals surface area contributed by atoms with Gasteiger partial charge in [-0.15, -0.1) is 0 Å². The average Bonchev–Trinajstić information content (AvgIpc) is 2.25. The van der Waals surface area contributed by atoms with E-state index in [-0.39, 0.29) is 17.1 Å². The average molecular weight is 240 g/mol. The minimum absolute atomic E-state index is 0.113. The maximum atomic E-state index is 13.1.